The fraction of sp³-hybridized carbons (Fsp3) is 0.167. The van der Waals surface area contributed by atoms with Crippen molar-refractivity contribution in [2.24, 2.45) is 0 Å². The average molecular weight is 348 g/mol. The van der Waals surface area contributed by atoms with Crippen LogP contribution in [0.3, 0.4) is 0 Å². The summed E-state index contributed by atoms with van der Waals surface area (Å²) in [4.78, 5) is 11.7. The Bertz CT molecular complexity index is 765. The van der Waals surface area contributed by atoms with Gasteiger partial charge in [-0.05, 0) is 18.2 Å². The van der Waals surface area contributed by atoms with E-state index in [1.807, 2.05) is 30.3 Å². The zero-order valence-electron chi connectivity index (χ0n) is 13.1. The lowest BCUT2D eigenvalue weighted by molar-refractivity contribution is -0.274. The Balaban J connectivity index is 1.82. The van der Waals surface area contributed by atoms with Gasteiger partial charge in [0.1, 0.15) is 5.75 Å². The minimum atomic E-state index is -4.79. The molecule has 4 nitrogen and oxygen atoms in total. The van der Waals surface area contributed by atoms with Gasteiger partial charge in [0.25, 0.3) is 0 Å². The van der Waals surface area contributed by atoms with Crippen molar-refractivity contribution in [3.05, 3.63) is 65.7 Å². The van der Waals surface area contributed by atoms with E-state index in [2.05, 4.69) is 27.2 Å². The van der Waals surface area contributed by atoms with Gasteiger partial charge in [-0.15, -0.1) is 13.2 Å². The summed E-state index contributed by atoms with van der Waals surface area (Å²) >= 11 is 0. The maximum absolute atomic E-state index is 12.3. The van der Waals surface area contributed by atoms with E-state index >= 15 is 0 Å². The maximum Gasteiger partial charge on any atom is 0.573 e. The highest BCUT2D eigenvalue weighted by Crippen LogP contribution is 2.25. The number of carbonyl (C=O) groups is 1. The molecule has 2 N–H and O–H groups in total. The number of nitrogens with one attached hydrogen (secondary N) is 2. The van der Waals surface area contributed by atoms with Gasteiger partial charge in [0, 0.05) is 17.7 Å². The number of alkyl halides is 3. The first-order chi connectivity index (χ1) is 11.9. The second-order valence-corrected chi connectivity index (χ2v) is 4.86. The quantitative estimate of drug-likeness (QED) is 0.832. The van der Waals surface area contributed by atoms with Crippen LogP contribution in [-0.4, -0.2) is 18.9 Å². The van der Waals surface area contributed by atoms with Crippen molar-refractivity contribution in [3.8, 4) is 17.6 Å². The van der Waals surface area contributed by atoms with Crippen molar-refractivity contribution in [1.82, 2.24) is 10.6 Å². The number of hydrogen-bond acceptors (Lipinski definition) is 2. The van der Waals surface area contributed by atoms with Crippen molar-refractivity contribution < 1.29 is 22.7 Å². The highest BCUT2D eigenvalue weighted by atomic mass is 19.4. The summed E-state index contributed by atoms with van der Waals surface area (Å²) < 4.78 is 40.9. The number of halogens is 3. The molecular weight excluding hydrogens is 333 g/mol. The highest BCUT2D eigenvalue weighted by Gasteiger charge is 2.31. The number of rotatable bonds is 4. The summed E-state index contributed by atoms with van der Waals surface area (Å²) in [6, 6.07) is 14.3. The molecule has 130 valence electrons. The van der Waals surface area contributed by atoms with Crippen molar-refractivity contribution >= 4 is 6.03 Å². The Morgan fingerprint density at radius 1 is 1.00 bits per heavy atom. The highest BCUT2D eigenvalue weighted by molar-refractivity contribution is 5.74. The predicted octanol–water partition coefficient (Wildman–Crippen LogP) is 3.44. The molecule has 0 atom stereocenters. The van der Waals surface area contributed by atoms with E-state index in [9.17, 15) is 18.0 Å². The van der Waals surface area contributed by atoms with Crippen LogP contribution in [0.15, 0.2) is 54.6 Å². The molecule has 0 saturated heterocycles. The average Bonchev–Trinajstić information content (AvgIpc) is 2.57. The lowest BCUT2D eigenvalue weighted by Gasteiger charge is -2.13. The van der Waals surface area contributed by atoms with Crippen molar-refractivity contribution in [3.63, 3.8) is 0 Å². The van der Waals surface area contributed by atoms with Crippen LogP contribution < -0.4 is 15.4 Å². The third-order valence-electron chi connectivity index (χ3n) is 2.98. The Morgan fingerprint density at radius 3 is 2.40 bits per heavy atom. The molecular formula is C18H15F3N2O2. The molecule has 0 aliphatic heterocycles. The summed E-state index contributed by atoms with van der Waals surface area (Å²) in [5.41, 5.74) is 1.04. The van der Waals surface area contributed by atoms with Crippen molar-refractivity contribution in [2.45, 2.75) is 12.9 Å². The second kappa shape index (κ2) is 8.64. The summed E-state index contributed by atoms with van der Waals surface area (Å²) in [5.74, 6) is 5.30. The molecule has 2 aromatic carbocycles. The second-order valence-electron chi connectivity index (χ2n) is 4.86. The summed E-state index contributed by atoms with van der Waals surface area (Å²) in [5, 5.41) is 4.96. The SMILES string of the molecule is O=C(NCC#Cc1ccccc1)NCc1ccccc1OC(F)(F)F. The van der Waals surface area contributed by atoms with Gasteiger partial charge in [0.2, 0.25) is 0 Å². The van der Waals surface area contributed by atoms with Gasteiger partial charge >= 0.3 is 12.4 Å². The van der Waals surface area contributed by atoms with Gasteiger partial charge in [0.05, 0.1) is 6.54 Å². The fourth-order valence-corrected chi connectivity index (χ4v) is 1.90. The molecule has 2 amide bonds. The molecule has 0 bridgehead atoms. The molecule has 2 rings (SSSR count). The number of para-hydroxylation sites is 1. The molecule has 25 heavy (non-hydrogen) atoms. The number of ether oxygens (including phenoxy) is 1. The van der Waals surface area contributed by atoms with E-state index in [0.29, 0.717) is 0 Å². The zero-order valence-corrected chi connectivity index (χ0v) is 13.1. The predicted molar refractivity (Wildman–Crippen MR) is 86.7 cm³/mol. The van der Waals surface area contributed by atoms with Crippen LogP contribution in [0.1, 0.15) is 11.1 Å². The molecule has 0 aromatic heterocycles. The summed E-state index contributed by atoms with van der Waals surface area (Å²) in [6.07, 6.45) is -4.79. The van der Waals surface area contributed by atoms with E-state index < -0.39 is 12.4 Å². The third kappa shape index (κ3) is 6.87. The Hall–Kier alpha value is -3.14. The lowest BCUT2D eigenvalue weighted by atomic mass is 10.2. The summed E-state index contributed by atoms with van der Waals surface area (Å²) in [6.45, 7) is 0.00558. The largest absolute Gasteiger partial charge is 0.573 e. The molecule has 0 unspecified atom stereocenters. The molecule has 2 aromatic rings. The number of urea groups is 1. The Morgan fingerprint density at radius 2 is 1.68 bits per heavy atom. The zero-order chi connectivity index (χ0) is 18.1. The van der Waals surface area contributed by atoms with Crippen LogP contribution >= 0.6 is 0 Å². The fourth-order valence-electron chi connectivity index (χ4n) is 1.90. The van der Waals surface area contributed by atoms with Gasteiger partial charge in [-0.1, -0.05) is 48.2 Å². The van der Waals surface area contributed by atoms with Gasteiger partial charge < -0.3 is 15.4 Å². The minimum absolute atomic E-state index is 0.107. The van der Waals surface area contributed by atoms with Gasteiger partial charge in [-0.25, -0.2) is 4.79 Å². The van der Waals surface area contributed by atoms with E-state index in [1.165, 1.54) is 18.2 Å². The standard InChI is InChI=1S/C18H15F3N2O2/c19-18(20,21)25-16-11-5-4-10-15(16)13-23-17(24)22-12-6-9-14-7-2-1-3-8-14/h1-5,7-8,10-11H,12-13H2,(H2,22,23,24). The van der Waals surface area contributed by atoms with E-state index in [-0.39, 0.29) is 24.4 Å². The van der Waals surface area contributed by atoms with Gasteiger partial charge in [-0.2, -0.15) is 0 Å². The van der Waals surface area contributed by atoms with Crippen LogP contribution in [0, 0.1) is 11.8 Å². The molecule has 7 heteroatoms. The first kappa shape index (κ1) is 18.2. The smallest absolute Gasteiger partial charge is 0.405 e. The topological polar surface area (TPSA) is 50.4 Å². The molecule has 0 spiro atoms. The normalized spacial score (nSPS) is 10.4. The maximum atomic E-state index is 12.3. The third-order valence-corrected chi connectivity index (χ3v) is 2.98. The minimum Gasteiger partial charge on any atom is -0.405 e. The van der Waals surface area contributed by atoms with E-state index in [4.69, 9.17) is 0 Å². The van der Waals surface area contributed by atoms with Crippen LogP contribution in [-0.2, 0) is 6.54 Å². The lowest BCUT2D eigenvalue weighted by Crippen LogP contribution is -2.35. The van der Waals surface area contributed by atoms with Crippen molar-refractivity contribution in [2.75, 3.05) is 6.54 Å². The van der Waals surface area contributed by atoms with Crippen LogP contribution in [0.25, 0.3) is 0 Å². The molecule has 0 fully saturated rings. The van der Waals surface area contributed by atoms with Crippen LogP contribution in [0.5, 0.6) is 5.75 Å². The molecule has 0 heterocycles. The number of amides is 2. The first-order valence-electron chi connectivity index (χ1n) is 7.33. The van der Waals surface area contributed by atoms with E-state index in [1.54, 1.807) is 6.07 Å². The monoisotopic (exact) mass is 348 g/mol. The Labute approximate surface area is 143 Å². The molecule has 0 saturated carbocycles. The van der Waals surface area contributed by atoms with E-state index in [0.717, 1.165) is 5.56 Å². The molecule has 0 radical (unpaired) electrons. The molecule has 0 aliphatic rings. The van der Waals surface area contributed by atoms with Gasteiger partial charge in [-0.3, -0.25) is 0 Å². The molecule has 0 aliphatic carbocycles. The number of hydrogen-bond donors (Lipinski definition) is 2. The van der Waals surface area contributed by atoms with Gasteiger partial charge in [0.15, 0.2) is 0 Å². The first-order valence-corrected chi connectivity index (χ1v) is 7.33. The van der Waals surface area contributed by atoms with Crippen LogP contribution in [0.4, 0.5) is 18.0 Å². The van der Waals surface area contributed by atoms with Crippen molar-refractivity contribution in [1.29, 1.82) is 0 Å². The number of benzene rings is 2. The number of carbonyl (C=O) groups excluding carboxylic acids is 1. The van der Waals surface area contributed by atoms with Crippen LogP contribution in [0.2, 0.25) is 0 Å². The summed E-state index contributed by atoms with van der Waals surface area (Å²) in [7, 11) is 0. The Kier molecular flexibility index (Phi) is 6.29.